The van der Waals surface area contributed by atoms with Gasteiger partial charge >= 0.3 is 0 Å². The van der Waals surface area contributed by atoms with Crippen molar-refractivity contribution in [1.29, 1.82) is 0 Å². The van der Waals surface area contributed by atoms with E-state index in [1.807, 2.05) is 0 Å². The molecule has 1 aliphatic heterocycles. The van der Waals surface area contributed by atoms with Gasteiger partial charge in [-0.3, -0.25) is 0 Å². The van der Waals surface area contributed by atoms with Gasteiger partial charge in [-0.05, 0) is 19.0 Å². The van der Waals surface area contributed by atoms with Crippen LogP contribution in [0.5, 0.6) is 0 Å². The summed E-state index contributed by atoms with van der Waals surface area (Å²) in [5.41, 5.74) is 1.55. The van der Waals surface area contributed by atoms with Crippen molar-refractivity contribution >= 4 is 8.07 Å². The van der Waals surface area contributed by atoms with Crippen LogP contribution in [0.4, 0.5) is 0 Å². The van der Waals surface area contributed by atoms with Crippen LogP contribution >= 0.6 is 0 Å². The summed E-state index contributed by atoms with van der Waals surface area (Å²) in [6.45, 7) is 14.4. The van der Waals surface area contributed by atoms with Gasteiger partial charge in [-0.25, -0.2) is 0 Å². The molecule has 0 radical (unpaired) electrons. The Bertz CT molecular complexity index is 203. The molecule has 0 N–H and O–H groups in total. The first kappa shape index (κ1) is 11.0. The first-order valence-corrected chi connectivity index (χ1v) is 8.97. The predicted molar refractivity (Wildman–Crippen MR) is 62.7 cm³/mol. The van der Waals surface area contributed by atoms with Crippen molar-refractivity contribution in [2.75, 3.05) is 19.3 Å². The van der Waals surface area contributed by atoms with E-state index >= 15 is 0 Å². The number of hydrogen-bond acceptors (Lipinski definition) is 1. The van der Waals surface area contributed by atoms with Gasteiger partial charge in [0.25, 0.3) is 0 Å². The lowest BCUT2D eigenvalue weighted by Crippen LogP contribution is -2.44. The second-order valence-corrected chi connectivity index (χ2v) is 11.2. The van der Waals surface area contributed by atoms with Crippen LogP contribution in [0.2, 0.25) is 19.6 Å². The number of nitrogens with zero attached hydrogens (tertiary/aromatic N) is 1. The van der Waals surface area contributed by atoms with E-state index in [4.69, 9.17) is 0 Å². The zero-order valence-electron chi connectivity index (χ0n) is 9.72. The van der Waals surface area contributed by atoms with Crippen LogP contribution in [0.15, 0.2) is 11.6 Å². The zero-order chi connectivity index (χ0) is 10.1. The predicted octanol–water partition coefficient (Wildman–Crippen LogP) is 2.76. The van der Waals surface area contributed by atoms with Gasteiger partial charge in [-0.2, -0.15) is 0 Å². The van der Waals surface area contributed by atoms with Crippen LogP contribution in [0.1, 0.15) is 13.8 Å². The smallest absolute Gasteiger partial charge is 0.0599 e. The van der Waals surface area contributed by atoms with Crippen LogP contribution in [0.25, 0.3) is 0 Å². The minimum Gasteiger partial charge on any atom is -0.302 e. The summed E-state index contributed by atoms with van der Waals surface area (Å²) in [5.74, 6) is 0.755. The molecule has 1 nitrogen and oxygen atoms in total. The van der Waals surface area contributed by atoms with Crippen molar-refractivity contribution in [3.8, 4) is 0 Å². The highest BCUT2D eigenvalue weighted by Crippen LogP contribution is 2.16. The lowest BCUT2D eigenvalue weighted by atomic mass is 10.0. The Morgan fingerprint density at radius 1 is 1.46 bits per heavy atom. The van der Waals surface area contributed by atoms with Crippen molar-refractivity contribution in [2.24, 2.45) is 5.92 Å². The Morgan fingerprint density at radius 3 is 2.54 bits per heavy atom. The second kappa shape index (κ2) is 3.97. The minimum absolute atomic E-state index is 0.755. The Kier molecular flexibility index (Phi) is 3.36. The van der Waals surface area contributed by atoms with E-state index in [1.165, 1.54) is 19.3 Å². The summed E-state index contributed by atoms with van der Waals surface area (Å²) in [7, 11) is -0.905. The summed E-state index contributed by atoms with van der Waals surface area (Å²) in [6.07, 6.45) is 3.77. The van der Waals surface area contributed by atoms with E-state index in [9.17, 15) is 0 Å². The highest BCUT2D eigenvalue weighted by molar-refractivity contribution is 6.76. The summed E-state index contributed by atoms with van der Waals surface area (Å²) in [5, 5.41) is 0. The van der Waals surface area contributed by atoms with Gasteiger partial charge in [0.05, 0.1) is 8.07 Å². The van der Waals surface area contributed by atoms with Gasteiger partial charge < -0.3 is 4.90 Å². The third-order valence-corrected chi connectivity index (χ3v) is 3.68. The maximum absolute atomic E-state index is 2.63. The fourth-order valence-electron chi connectivity index (χ4n) is 2.21. The highest BCUT2D eigenvalue weighted by Gasteiger charge is 2.21. The molecule has 0 saturated carbocycles. The molecule has 1 rings (SSSR count). The van der Waals surface area contributed by atoms with E-state index in [2.05, 4.69) is 44.5 Å². The SMILES string of the molecule is CC1=CC(C)CN(C[Si](C)(C)C)C1. The average Bonchev–Trinajstić information content (AvgIpc) is 1.78. The van der Waals surface area contributed by atoms with Gasteiger partial charge in [0.1, 0.15) is 0 Å². The van der Waals surface area contributed by atoms with Crippen molar-refractivity contribution in [3.63, 3.8) is 0 Å². The maximum atomic E-state index is 2.63. The van der Waals surface area contributed by atoms with Crippen molar-refractivity contribution < 1.29 is 0 Å². The first-order chi connectivity index (χ1) is 5.87. The minimum atomic E-state index is -0.905. The Hall–Kier alpha value is -0.0831. The topological polar surface area (TPSA) is 3.24 Å². The largest absolute Gasteiger partial charge is 0.302 e. The van der Waals surface area contributed by atoms with Gasteiger partial charge in [-0.1, -0.05) is 38.2 Å². The van der Waals surface area contributed by atoms with Crippen LogP contribution in [-0.4, -0.2) is 32.2 Å². The van der Waals surface area contributed by atoms with Gasteiger partial charge in [-0.15, -0.1) is 0 Å². The lowest BCUT2D eigenvalue weighted by Gasteiger charge is -2.33. The van der Waals surface area contributed by atoms with Crippen molar-refractivity contribution in [3.05, 3.63) is 11.6 Å². The zero-order valence-corrected chi connectivity index (χ0v) is 10.7. The molecule has 13 heavy (non-hydrogen) atoms. The van der Waals surface area contributed by atoms with E-state index < -0.39 is 8.07 Å². The third kappa shape index (κ3) is 4.10. The standard InChI is InChI=1S/C11H23NSi/c1-10-6-11(2)8-12(7-10)9-13(3,4)5/h6,10H,7-9H2,1-5H3. The summed E-state index contributed by atoms with van der Waals surface area (Å²) >= 11 is 0. The monoisotopic (exact) mass is 197 g/mol. The van der Waals surface area contributed by atoms with E-state index in [1.54, 1.807) is 5.57 Å². The molecule has 76 valence electrons. The molecule has 0 aromatic rings. The molecule has 0 aromatic carbocycles. The van der Waals surface area contributed by atoms with Crippen LogP contribution in [0.3, 0.4) is 0 Å². The van der Waals surface area contributed by atoms with Gasteiger partial charge in [0.15, 0.2) is 0 Å². The Balaban J connectivity index is 2.51. The number of hydrogen-bond donors (Lipinski definition) is 0. The molecule has 2 heteroatoms. The first-order valence-electron chi connectivity index (χ1n) is 5.26. The normalized spacial score (nSPS) is 25.9. The van der Waals surface area contributed by atoms with E-state index in [0.717, 1.165) is 5.92 Å². The van der Waals surface area contributed by atoms with Crippen LogP contribution in [-0.2, 0) is 0 Å². The van der Waals surface area contributed by atoms with Crippen molar-refractivity contribution in [2.45, 2.75) is 33.5 Å². The fraction of sp³-hybridized carbons (Fsp3) is 0.818. The molecule has 1 unspecified atom stereocenters. The number of rotatable bonds is 2. The molecular weight excluding hydrogens is 174 g/mol. The van der Waals surface area contributed by atoms with Crippen molar-refractivity contribution in [1.82, 2.24) is 4.90 Å². The lowest BCUT2D eigenvalue weighted by molar-refractivity contribution is 0.293. The Labute approximate surface area is 83.8 Å². The molecule has 0 fully saturated rings. The molecular formula is C11H23NSi. The van der Waals surface area contributed by atoms with E-state index in [-0.39, 0.29) is 0 Å². The molecule has 0 saturated heterocycles. The molecule has 0 aromatic heterocycles. The summed E-state index contributed by atoms with van der Waals surface area (Å²) in [6, 6.07) is 0. The van der Waals surface area contributed by atoms with Crippen LogP contribution < -0.4 is 0 Å². The molecule has 1 aliphatic rings. The molecule has 1 atom stereocenters. The van der Waals surface area contributed by atoms with E-state index in [0.29, 0.717) is 0 Å². The second-order valence-electron chi connectivity index (χ2n) is 5.72. The molecule has 0 amide bonds. The van der Waals surface area contributed by atoms with Gasteiger partial charge in [0.2, 0.25) is 0 Å². The highest BCUT2D eigenvalue weighted by atomic mass is 28.3. The average molecular weight is 197 g/mol. The summed E-state index contributed by atoms with van der Waals surface area (Å²) in [4.78, 5) is 2.63. The fourth-order valence-corrected chi connectivity index (χ4v) is 3.79. The molecule has 0 spiro atoms. The molecule has 1 heterocycles. The quantitative estimate of drug-likeness (QED) is 0.486. The third-order valence-electron chi connectivity index (χ3n) is 2.29. The molecule has 0 aliphatic carbocycles. The maximum Gasteiger partial charge on any atom is 0.0599 e. The Morgan fingerprint density at radius 2 is 2.08 bits per heavy atom. The van der Waals surface area contributed by atoms with Gasteiger partial charge in [0, 0.05) is 13.1 Å². The molecule has 0 bridgehead atoms. The summed E-state index contributed by atoms with van der Waals surface area (Å²) < 4.78 is 0. The van der Waals surface area contributed by atoms with Crippen LogP contribution in [0, 0.1) is 5.92 Å².